The fourth-order valence-corrected chi connectivity index (χ4v) is 1.70. The highest BCUT2D eigenvalue weighted by Crippen LogP contribution is 2.19. The normalized spacial score (nSPS) is 10.8. The molecule has 0 fully saturated rings. The number of nitrogen functional groups attached to an aromatic ring is 1. The number of H-pyrrole nitrogens is 1. The topological polar surface area (TPSA) is 127 Å². The Bertz CT molecular complexity index is 758. The molecule has 0 aliphatic heterocycles. The van der Waals surface area contributed by atoms with Crippen LogP contribution in [-0.4, -0.2) is 36.3 Å². The van der Waals surface area contributed by atoms with E-state index in [1.54, 1.807) is 25.2 Å². The van der Waals surface area contributed by atoms with Gasteiger partial charge in [0, 0.05) is 11.1 Å². The van der Waals surface area contributed by atoms with Gasteiger partial charge in [-0.3, -0.25) is 15.2 Å². The number of carbonyl (C=O) groups excluding carboxylic acids is 1. The zero-order chi connectivity index (χ0) is 13.4. The van der Waals surface area contributed by atoms with Crippen LogP contribution in [0.25, 0.3) is 10.9 Å². The highest BCUT2D eigenvalue weighted by Gasteiger charge is 2.16. The minimum Gasteiger partial charge on any atom is -0.399 e. The molecule has 9 nitrogen and oxygen atoms in total. The van der Waals surface area contributed by atoms with E-state index in [0.717, 1.165) is 5.52 Å². The number of nitrogens with zero attached hydrogens (tertiary/aromatic N) is 5. The van der Waals surface area contributed by atoms with E-state index in [4.69, 9.17) is 5.73 Å². The molecule has 0 radical (unpaired) electrons. The van der Waals surface area contributed by atoms with Crippen LogP contribution in [0.3, 0.4) is 0 Å². The van der Waals surface area contributed by atoms with E-state index >= 15 is 0 Å². The van der Waals surface area contributed by atoms with E-state index < -0.39 is 5.91 Å². The highest BCUT2D eigenvalue weighted by molar-refractivity contribution is 6.10. The van der Waals surface area contributed by atoms with E-state index in [0.29, 0.717) is 11.1 Å². The first kappa shape index (κ1) is 11.1. The van der Waals surface area contributed by atoms with Crippen molar-refractivity contribution in [3.8, 4) is 0 Å². The second-order valence-corrected chi connectivity index (χ2v) is 3.93. The lowest BCUT2D eigenvalue weighted by Gasteiger charge is -1.98. The molecule has 2 aromatic heterocycles. The number of anilines is 2. The molecule has 96 valence electrons. The van der Waals surface area contributed by atoms with Crippen molar-refractivity contribution in [1.29, 1.82) is 0 Å². The summed E-state index contributed by atoms with van der Waals surface area (Å²) in [7, 11) is 1.60. The molecule has 0 unspecified atom stereocenters. The van der Waals surface area contributed by atoms with Crippen molar-refractivity contribution in [2.75, 3.05) is 11.1 Å². The van der Waals surface area contributed by atoms with Gasteiger partial charge in [0.15, 0.2) is 5.69 Å². The Morgan fingerprint density at radius 3 is 3.05 bits per heavy atom. The molecule has 2 heterocycles. The maximum Gasteiger partial charge on any atom is 0.279 e. The van der Waals surface area contributed by atoms with Gasteiger partial charge < -0.3 is 5.73 Å². The number of amides is 1. The second-order valence-electron chi connectivity index (χ2n) is 3.93. The molecule has 0 aliphatic carbocycles. The van der Waals surface area contributed by atoms with Gasteiger partial charge in [0.05, 0.1) is 12.6 Å². The first-order valence-corrected chi connectivity index (χ1v) is 5.42. The summed E-state index contributed by atoms with van der Waals surface area (Å²) in [4.78, 5) is 13.3. The van der Waals surface area contributed by atoms with Crippen LogP contribution in [0.15, 0.2) is 18.2 Å². The Kier molecular flexibility index (Phi) is 2.37. The maximum atomic E-state index is 12.1. The number of hydrogen-bond acceptors (Lipinski definition) is 6. The number of rotatable bonds is 2. The molecule has 19 heavy (non-hydrogen) atoms. The van der Waals surface area contributed by atoms with Gasteiger partial charge in [0.2, 0.25) is 0 Å². The molecule has 0 spiro atoms. The van der Waals surface area contributed by atoms with Crippen molar-refractivity contribution in [2.45, 2.75) is 0 Å². The minimum atomic E-state index is -0.426. The SMILES string of the molecule is Cn1nnc(NC(=O)c2n[nH]c3ccc(N)cc23)n1. The van der Waals surface area contributed by atoms with Gasteiger partial charge in [0.1, 0.15) is 0 Å². The molecule has 0 saturated heterocycles. The Morgan fingerprint density at radius 1 is 1.47 bits per heavy atom. The Labute approximate surface area is 106 Å². The average Bonchev–Trinajstić information content (AvgIpc) is 2.95. The van der Waals surface area contributed by atoms with Gasteiger partial charge in [0.25, 0.3) is 11.9 Å². The van der Waals surface area contributed by atoms with E-state index in [2.05, 4.69) is 30.9 Å². The van der Waals surface area contributed by atoms with Gasteiger partial charge in [-0.15, -0.1) is 5.10 Å². The fourth-order valence-electron chi connectivity index (χ4n) is 1.70. The molecule has 4 N–H and O–H groups in total. The molecule has 9 heteroatoms. The predicted octanol–water partition coefficient (Wildman–Crippen LogP) is -0.0791. The lowest BCUT2D eigenvalue weighted by atomic mass is 10.2. The van der Waals surface area contributed by atoms with Crippen LogP contribution in [0.4, 0.5) is 11.6 Å². The van der Waals surface area contributed by atoms with Crippen LogP contribution in [0, 0.1) is 0 Å². The van der Waals surface area contributed by atoms with Gasteiger partial charge in [-0.1, -0.05) is 5.10 Å². The lowest BCUT2D eigenvalue weighted by Crippen LogP contribution is -2.14. The molecule has 1 amide bonds. The van der Waals surface area contributed by atoms with Gasteiger partial charge in [-0.05, 0) is 23.4 Å². The van der Waals surface area contributed by atoms with Crippen molar-refractivity contribution >= 4 is 28.4 Å². The zero-order valence-corrected chi connectivity index (χ0v) is 9.95. The molecule has 0 aliphatic rings. The molecule has 3 aromatic rings. The molecule has 1 aromatic carbocycles. The zero-order valence-electron chi connectivity index (χ0n) is 9.95. The van der Waals surface area contributed by atoms with Gasteiger partial charge in [-0.2, -0.15) is 9.90 Å². The summed E-state index contributed by atoms with van der Waals surface area (Å²) in [6.45, 7) is 0. The summed E-state index contributed by atoms with van der Waals surface area (Å²) in [6, 6.07) is 5.17. The van der Waals surface area contributed by atoms with Crippen molar-refractivity contribution in [3.05, 3.63) is 23.9 Å². The summed E-state index contributed by atoms with van der Waals surface area (Å²) >= 11 is 0. The van der Waals surface area contributed by atoms with Crippen molar-refractivity contribution < 1.29 is 4.79 Å². The summed E-state index contributed by atoms with van der Waals surface area (Å²) in [5.41, 5.74) is 7.21. The molecular weight excluding hydrogens is 248 g/mol. The number of hydrogen-bond donors (Lipinski definition) is 3. The summed E-state index contributed by atoms with van der Waals surface area (Å²) < 4.78 is 0. The molecule has 0 atom stereocenters. The molecule has 0 bridgehead atoms. The summed E-state index contributed by atoms with van der Waals surface area (Å²) in [6.07, 6.45) is 0. The number of tetrazole rings is 1. The Balaban J connectivity index is 1.95. The van der Waals surface area contributed by atoms with Crippen LogP contribution in [0.2, 0.25) is 0 Å². The maximum absolute atomic E-state index is 12.1. The summed E-state index contributed by atoms with van der Waals surface area (Å²) in [5, 5.41) is 21.0. The number of benzene rings is 1. The third-order valence-corrected chi connectivity index (χ3v) is 2.54. The monoisotopic (exact) mass is 258 g/mol. The van der Waals surface area contributed by atoms with Crippen molar-refractivity contribution in [3.63, 3.8) is 0 Å². The first-order chi connectivity index (χ1) is 9.13. The number of fused-ring (bicyclic) bond motifs is 1. The number of nitrogens with two attached hydrogens (primary N) is 1. The molecule has 0 saturated carbocycles. The standard InChI is InChI=1S/C10H10N8O/c1-18-16-10(15-17-18)12-9(19)8-6-4-5(11)2-3-7(6)13-14-8/h2-4H,11H2,1H3,(H,13,14)(H,12,16,19). The number of aromatic amines is 1. The number of aryl methyl sites for hydroxylation is 1. The average molecular weight is 258 g/mol. The van der Waals surface area contributed by atoms with Crippen LogP contribution >= 0.6 is 0 Å². The number of aromatic nitrogens is 6. The quantitative estimate of drug-likeness (QED) is 0.552. The Hall–Kier alpha value is -2.97. The predicted molar refractivity (Wildman–Crippen MR) is 67.3 cm³/mol. The van der Waals surface area contributed by atoms with Crippen LogP contribution < -0.4 is 11.1 Å². The highest BCUT2D eigenvalue weighted by atomic mass is 16.2. The first-order valence-electron chi connectivity index (χ1n) is 5.42. The van der Waals surface area contributed by atoms with E-state index in [9.17, 15) is 4.79 Å². The van der Waals surface area contributed by atoms with Gasteiger partial charge in [-0.25, -0.2) is 0 Å². The minimum absolute atomic E-state index is 0.118. The van der Waals surface area contributed by atoms with Crippen LogP contribution in [0.1, 0.15) is 10.5 Å². The third kappa shape index (κ3) is 1.97. The van der Waals surface area contributed by atoms with Crippen LogP contribution in [-0.2, 0) is 7.05 Å². The Morgan fingerprint density at radius 2 is 2.32 bits per heavy atom. The number of nitrogens with one attached hydrogen (secondary N) is 2. The molecule has 3 rings (SSSR count). The smallest absolute Gasteiger partial charge is 0.279 e. The van der Waals surface area contributed by atoms with Gasteiger partial charge >= 0.3 is 0 Å². The largest absolute Gasteiger partial charge is 0.399 e. The second kappa shape index (κ2) is 4.05. The van der Waals surface area contributed by atoms with Crippen LogP contribution in [0.5, 0.6) is 0 Å². The van der Waals surface area contributed by atoms with Crippen molar-refractivity contribution in [2.24, 2.45) is 7.05 Å². The number of carbonyl (C=O) groups is 1. The third-order valence-electron chi connectivity index (χ3n) is 2.54. The summed E-state index contributed by atoms with van der Waals surface area (Å²) in [5.74, 6) is -0.308. The molecular formula is C10H10N8O. The van der Waals surface area contributed by atoms with E-state index in [1.165, 1.54) is 4.80 Å². The van der Waals surface area contributed by atoms with Crippen molar-refractivity contribution in [1.82, 2.24) is 30.4 Å². The fraction of sp³-hybridized carbons (Fsp3) is 0.100. The lowest BCUT2D eigenvalue weighted by molar-refractivity contribution is 0.102. The van der Waals surface area contributed by atoms with E-state index in [-0.39, 0.29) is 11.6 Å². The van der Waals surface area contributed by atoms with E-state index in [1.807, 2.05) is 0 Å².